The SMILES string of the molecule is Cc1cc(NC(=O)CCN2C(=O)COc3ccccc32)ccc1[N+](=O)[O-]. The Morgan fingerprint density at radius 1 is 1.31 bits per heavy atom. The number of carbonyl (C=O) groups excluding carboxylic acids is 2. The van der Waals surface area contributed by atoms with Crippen molar-refractivity contribution in [3.8, 4) is 5.75 Å². The van der Waals surface area contributed by atoms with Gasteiger partial charge in [0.2, 0.25) is 5.91 Å². The summed E-state index contributed by atoms with van der Waals surface area (Å²) in [4.78, 5) is 36.2. The maximum atomic E-state index is 12.2. The highest BCUT2D eigenvalue weighted by atomic mass is 16.6. The Hall–Kier alpha value is -3.42. The molecule has 8 heteroatoms. The third-order valence-electron chi connectivity index (χ3n) is 4.05. The van der Waals surface area contributed by atoms with Crippen molar-refractivity contribution >= 4 is 28.9 Å². The fourth-order valence-electron chi connectivity index (χ4n) is 2.77. The van der Waals surface area contributed by atoms with Gasteiger partial charge in [-0.3, -0.25) is 19.7 Å². The van der Waals surface area contributed by atoms with Crippen LogP contribution in [0.15, 0.2) is 42.5 Å². The molecule has 0 fully saturated rings. The molecule has 2 aromatic carbocycles. The van der Waals surface area contributed by atoms with Gasteiger partial charge in [0.1, 0.15) is 5.75 Å². The summed E-state index contributed by atoms with van der Waals surface area (Å²) in [5.41, 5.74) is 1.58. The van der Waals surface area contributed by atoms with E-state index >= 15 is 0 Å². The molecule has 3 rings (SSSR count). The largest absolute Gasteiger partial charge is 0.482 e. The minimum absolute atomic E-state index is 0.00137. The number of benzene rings is 2. The van der Waals surface area contributed by atoms with Crippen LogP contribution in [0.2, 0.25) is 0 Å². The van der Waals surface area contributed by atoms with Crippen molar-refractivity contribution in [2.75, 3.05) is 23.4 Å². The molecule has 0 radical (unpaired) electrons. The van der Waals surface area contributed by atoms with Crippen molar-refractivity contribution in [1.29, 1.82) is 0 Å². The van der Waals surface area contributed by atoms with Crippen molar-refractivity contribution in [3.05, 3.63) is 58.1 Å². The Morgan fingerprint density at radius 2 is 2.08 bits per heavy atom. The number of rotatable bonds is 5. The Morgan fingerprint density at radius 3 is 2.81 bits per heavy atom. The summed E-state index contributed by atoms with van der Waals surface area (Å²) in [6.07, 6.45) is 0.0934. The summed E-state index contributed by atoms with van der Waals surface area (Å²) in [5.74, 6) is 0.121. The number of hydrogen-bond donors (Lipinski definition) is 1. The number of hydrogen-bond acceptors (Lipinski definition) is 5. The lowest BCUT2D eigenvalue weighted by Crippen LogP contribution is -2.40. The molecule has 0 spiro atoms. The van der Waals surface area contributed by atoms with Crippen LogP contribution in [-0.4, -0.2) is 29.9 Å². The first kappa shape index (κ1) is 17.4. The van der Waals surface area contributed by atoms with Gasteiger partial charge >= 0.3 is 0 Å². The number of nitrogens with one attached hydrogen (secondary N) is 1. The monoisotopic (exact) mass is 355 g/mol. The number of carbonyl (C=O) groups is 2. The molecule has 1 N–H and O–H groups in total. The molecule has 2 amide bonds. The van der Waals surface area contributed by atoms with E-state index in [4.69, 9.17) is 4.74 Å². The average Bonchev–Trinajstić information content (AvgIpc) is 2.60. The van der Waals surface area contributed by atoms with Crippen LogP contribution in [0.4, 0.5) is 17.1 Å². The smallest absolute Gasteiger partial charge is 0.272 e. The predicted molar refractivity (Wildman–Crippen MR) is 95.4 cm³/mol. The number of amides is 2. The van der Waals surface area contributed by atoms with Gasteiger partial charge in [0.05, 0.1) is 10.6 Å². The summed E-state index contributed by atoms with van der Waals surface area (Å²) in [6.45, 7) is 1.77. The standard InChI is InChI=1S/C18H17N3O5/c1-12-10-13(6-7-14(12)21(24)25)19-17(22)8-9-20-15-4-2-3-5-16(15)26-11-18(20)23/h2-7,10H,8-9,11H2,1H3,(H,19,22). The number of ether oxygens (including phenoxy) is 1. The van der Waals surface area contributed by atoms with E-state index in [0.717, 1.165) is 0 Å². The summed E-state index contributed by atoms with van der Waals surface area (Å²) >= 11 is 0. The highest BCUT2D eigenvalue weighted by Gasteiger charge is 2.25. The number of nitro groups is 1. The van der Waals surface area contributed by atoms with Gasteiger partial charge in [0.15, 0.2) is 6.61 Å². The topological polar surface area (TPSA) is 102 Å². The zero-order chi connectivity index (χ0) is 18.7. The van der Waals surface area contributed by atoms with Gasteiger partial charge in [-0.1, -0.05) is 12.1 Å². The van der Waals surface area contributed by atoms with Crippen LogP contribution in [0.5, 0.6) is 5.75 Å². The fourth-order valence-corrected chi connectivity index (χ4v) is 2.77. The normalized spacial score (nSPS) is 13.0. The molecule has 1 aliphatic rings. The summed E-state index contributed by atoms with van der Waals surface area (Å²) in [7, 11) is 0. The zero-order valence-electron chi connectivity index (χ0n) is 14.1. The summed E-state index contributed by atoms with van der Waals surface area (Å²) < 4.78 is 5.37. The number of nitro benzene ring substituents is 1. The van der Waals surface area contributed by atoms with Crippen molar-refractivity contribution in [1.82, 2.24) is 0 Å². The maximum Gasteiger partial charge on any atom is 0.272 e. The molecule has 8 nitrogen and oxygen atoms in total. The minimum Gasteiger partial charge on any atom is -0.482 e. The molecular formula is C18H17N3O5. The second kappa shape index (κ2) is 7.22. The molecule has 1 heterocycles. The molecule has 0 saturated carbocycles. The third kappa shape index (κ3) is 3.64. The van der Waals surface area contributed by atoms with Crippen LogP contribution in [0.25, 0.3) is 0 Å². The molecule has 0 bridgehead atoms. The third-order valence-corrected chi connectivity index (χ3v) is 4.05. The van der Waals surface area contributed by atoms with E-state index in [9.17, 15) is 19.7 Å². The van der Waals surface area contributed by atoms with Gasteiger partial charge in [-0.05, 0) is 31.2 Å². The van der Waals surface area contributed by atoms with Crippen molar-refractivity contribution in [2.45, 2.75) is 13.3 Å². The minimum atomic E-state index is -0.470. The molecule has 134 valence electrons. The van der Waals surface area contributed by atoms with Crippen LogP contribution >= 0.6 is 0 Å². The van der Waals surface area contributed by atoms with Crippen molar-refractivity contribution in [2.24, 2.45) is 0 Å². The Labute approximate surface area is 149 Å². The average molecular weight is 355 g/mol. The first-order valence-electron chi connectivity index (χ1n) is 8.03. The lowest BCUT2D eigenvalue weighted by atomic mass is 10.1. The predicted octanol–water partition coefficient (Wildman–Crippen LogP) is 2.66. The van der Waals surface area contributed by atoms with E-state index in [1.54, 1.807) is 31.2 Å². The van der Waals surface area contributed by atoms with Crippen molar-refractivity contribution in [3.63, 3.8) is 0 Å². The first-order chi connectivity index (χ1) is 12.5. The fraction of sp³-hybridized carbons (Fsp3) is 0.222. The highest BCUT2D eigenvalue weighted by Crippen LogP contribution is 2.31. The Balaban J connectivity index is 1.64. The Bertz CT molecular complexity index is 881. The zero-order valence-corrected chi connectivity index (χ0v) is 14.1. The quantitative estimate of drug-likeness (QED) is 0.656. The van der Waals surface area contributed by atoms with E-state index in [1.165, 1.54) is 17.0 Å². The van der Waals surface area contributed by atoms with Gasteiger partial charge in [-0.25, -0.2) is 0 Å². The summed E-state index contributed by atoms with van der Waals surface area (Å²) in [5, 5.41) is 13.5. The molecule has 0 aliphatic carbocycles. The van der Waals surface area contributed by atoms with Crippen LogP contribution in [0, 0.1) is 17.0 Å². The maximum absolute atomic E-state index is 12.2. The van der Waals surface area contributed by atoms with Gasteiger partial charge < -0.3 is 15.0 Å². The molecular weight excluding hydrogens is 338 g/mol. The number of anilines is 2. The van der Waals surface area contributed by atoms with E-state index < -0.39 is 4.92 Å². The van der Waals surface area contributed by atoms with E-state index in [-0.39, 0.29) is 37.1 Å². The number of fused-ring (bicyclic) bond motifs is 1. The van der Waals surface area contributed by atoms with Gasteiger partial charge in [-0.2, -0.15) is 0 Å². The molecule has 1 aliphatic heterocycles. The molecule has 0 atom stereocenters. The van der Waals surface area contributed by atoms with Crippen molar-refractivity contribution < 1.29 is 19.2 Å². The van der Waals surface area contributed by atoms with Gasteiger partial charge in [-0.15, -0.1) is 0 Å². The summed E-state index contributed by atoms with van der Waals surface area (Å²) in [6, 6.07) is 11.5. The number of aryl methyl sites for hydroxylation is 1. The highest BCUT2D eigenvalue weighted by molar-refractivity contribution is 5.99. The number of para-hydroxylation sites is 2. The molecule has 26 heavy (non-hydrogen) atoms. The Kier molecular flexibility index (Phi) is 4.83. The van der Waals surface area contributed by atoms with Crippen LogP contribution in [-0.2, 0) is 9.59 Å². The molecule has 2 aromatic rings. The van der Waals surface area contributed by atoms with Crippen LogP contribution in [0.3, 0.4) is 0 Å². The van der Waals surface area contributed by atoms with E-state index in [1.807, 2.05) is 6.07 Å². The first-order valence-corrected chi connectivity index (χ1v) is 8.03. The molecule has 0 saturated heterocycles. The van der Waals surface area contributed by atoms with Crippen LogP contribution in [0.1, 0.15) is 12.0 Å². The van der Waals surface area contributed by atoms with E-state index in [2.05, 4.69) is 5.32 Å². The van der Waals surface area contributed by atoms with Gasteiger partial charge in [0, 0.05) is 30.3 Å². The molecule has 0 aromatic heterocycles. The van der Waals surface area contributed by atoms with E-state index in [0.29, 0.717) is 22.7 Å². The molecule has 0 unspecified atom stereocenters. The van der Waals surface area contributed by atoms with Crippen LogP contribution < -0.4 is 15.0 Å². The second-order valence-electron chi connectivity index (χ2n) is 5.86. The van der Waals surface area contributed by atoms with Gasteiger partial charge in [0.25, 0.3) is 11.6 Å². The lowest BCUT2D eigenvalue weighted by Gasteiger charge is -2.29. The second-order valence-corrected chi connectivity index (χ2v) is 5.86. The lowest BCUT2D eigenvalue weighted by molar-refractivity contribution is -0.385. The number of nitrogens with zero attached hydrogens (tertiary/aromatic N) is 2.